The van der Waals surface area contributed by atoms with Crippen LogP contribution >= 0.6 is 11.3 Å². The van der Waals surface area contributed by atoms with Gasteiger partial charge in [0.05, 0.1) is 22.2 Å². The van der Waals surface area contributed by atoms with Crippen molar-refractivity contribution in [2.24, 2.45) is 0 Å². The molecule has 0 spiro atoms. The van der Waals surface area contributed by atoms with Crippen molar-refractivity contribution in [3.63, 3.8) is 0 Å². The first-order chi connectivity index (χ1) is 11.5. The van der Waals surface area contributed by atoms with Crippen molar-refractivity contribution >= 4 is 38.3 Å². The zero-order valence-electron chi connectivity index (χ0n) is 12.9. The van der Waals surface area contributed by atoms with E-state index in [1.54, 1.807) is 38.3 Å². The maximum Gasteiger partial charge on any atom is 0.273 e. The molecule has 0 fully saturated rings. The average molecular weight is 343 g/mol. The Morgan fingerprint density at radius 1 is 1.29 bits per heavy atom. The van der Waals surface area contributed by atoms with Crippen molar-refractivity contribution in [3.8, 4) is 5.75 Å². The van der Waals surface area contributed by atoms with Gasteiger partial charge in [0.15, 0.2) is 5.13 Å². The third-order valence-electron chi connectivity index (χ3n) is 3.48. The number of nitrogens with one attached hydrogen (secondary N) is 1. The minimum absolute atomic E-state index is 0.0864. The van der Waals surface area contributed by atoms with E-state index in [9.17, 15) is 14.9 Å². The second-order valence-electron chi connectivity index (χ2n) is 5.07. The van der Waals surface area contributed by atoms with Crippen LogP contribution in [0.4, 0.5) is 10.8 Å². The summed E-state index contributed by atoms with van der Waals surface area (Å²) >= 11 is 1.31. The Morgan fingerprint density at radius 2 is 2.08 bits per heavy atom. The molecule has 3 aromatic rings. The summed E-state index contributed by atoms with van der Waals surface area (Å²) in [7, 11) is 1.58. The van der Waals surface area contributed by atoms with Crippen LogP contribution in [0.1, 0.15) is 15.9 Å². The van der Waals surface area contributed by atoms with Crippen molar-refractivity contribution in [1.82, 2.24) is 4.98 Å². The molecule has 3 rings (SSSR count). The Balaban J connectivity index is 1.87. The van der Waals surface area contributed by atoms with E-state index in [0.29, 0.717) is 16.4 Å². The number of nitrogens with zero attached hydrogens (tertiary/aromatic N) is 2. The molecule has 0 aliphatic heterocycles. The number of methoxy groups -OCH3 is 1. The molecule has 1 heterocycles. The zero-order valence-corrected chi connectivity index (χ0v) is 13.7. The van der Waals surface area contributed by atoms with Crippen LogP contribution in [0.2, 0.25) is 0 Å². The first-order valence-corrected chi connectivity index (χ1v) is 7.80. The van der Waals surface area contributed by atoms with Gasteiger partial charge in [-0.2, -0.15) is 0 Å². The Kier molecular flexibility index (Phi) is 4.13. The fraction of sp³-hybridized carbons (Fsp3) is 0.125. The summed E-state index contributed by atoms with van der Waals surface area (Å²) in [5.41, 5.74) is 1.37. The molecule has 7 nitrogen and oxygen atoms in total. The molecule has 122 valence electrons. The smallest absolute Gasteiger partial charge is 0.273 e. The van der Waals surface area contributed by atoms with E-state index >= 15 is 0 Å². The third kappa shape index (κ3) is 3.04. The summed E-state index contributed by atoms with van der Waals surface area (Å²) in [5.74, 6) is 0.266. The van der Waals surface area contributed by atoms with E-state index < -0.39 is 10.8 Å². The Labute approximate surface area is 141 Å². The second kappa shape index (κ2) is 6.25. The molecule has 1 aromatic heterocycles. The average Bonchev–Trinajstić information content (AvgIpc) is 2.95. The molecule has 0 atom stereocenters. The second-order valence-corrected chi connectivity index (χ2v) is 6.10. The number of carbonyl (C=O) groups excluding carboxylic acids is 1. The first-order valence-electron chi connectivity index (χ1n) is 6.99. The van der Waals surface area contributed by atoms with Gasteiger partial charge in [0.2, 0.25) is 0 Å². The fourth-order valence-corrected chi connectivity index (χ4v) is 3.09. The van der Waals surface area contributed by atoms with Gasteiger partial charge in [0.1, 0.15) is 5.75 Å². The molecule has 8 heteroatoms. The lowest BCUT2D eigenvalue weighted by Crippen LogP contribution is -2.12. The molecule has 0 radical (unpaired) electrons. The quantitative estimate of drug-likeness (QED) is 0.575. The highest BCUT2D eigenvalue weighted by Gasteiger charge is 2.16. The van der Waals surface area contributed by atoms with Crippen molar-refractivity contribution in [2.75, 3.05) is 12.4 Å². The van der Waals surface area contributed by atoms with Gasteiger partial charge in [0.25, 0.3) is 11.6 Å². The topological polar surface area (TPSA) is 94.4 Å². The van der Waals surface area contributed by atoms with Gasteiger partial charge >= 0.3 is 0 Å². The molecular weight excluding hydrogens is 330 g/mol. The number of nitro groups is 1. The van der Waals surface area contributed by atoms with E-state index in [-0.39, 0.29) is 11.3 Å². The number of hydrogen-bond acceptors (Lipinski definition) is 6. The predicted molar refractivity (Wildman–Crippen MR) is 92.0 cm³/mol. The van der Waals surface area contributed by atoms with Crippen molar-refractivity contribution in [3.05, 3.63) is 57.6 Å². The number of hydrogen-bond donors (Lipinski definition) is 1. The van der Waals surface area contributed by atoms with E-state index in [0.717, 1.165) is 10.2 Å². The van der Waals surface area contributed by atoms with Crippen LogP contribution in [-0.2, 0) is 0 Å². The highest BCUT2D eigenvalue weighted by atomic mass is 32.1. The van der Waals surface area contributed by atoms with Crippen LogP contribution in [-0.4, -0.2) is 22.9 Å². The summed E-state index contributed by atoms with van der Waals surface area (Å²) < 4.78 is 6.03. The standard InChI is InChI=1S/C16H13N3O4S/c1-9-3-4-10(7-13(9)19(21)22)15(20)18-16-17-12-6-5-11(23-2)8-14(12)24-16/h3-8H,1-2H3,(H,17,18,20). The SMILES string of the molecule is COc1ccc2nc(NC(=O)c3ccc(C)c([N+](=O)[O-])c3)sc2c1. The minimum atomic E-state index is -0.504. The Morgan fingerprint density at radius 3 is 2.79 bits per heavy atom. The van der Waals surface area contributed by atoms with Gasteiger partial charge in [-0.05, 0) is 31.2 Å². The van der Waals surface area contributed by atoms with Crippen LogP contribution in [0.5, 0.6) is 5.75 Å². The number of benzene rings is 2. The summed E-state index contributed by atoms with van der Waals surface area (Å²) in [6.45, 7) is 1.63. The number of rotatable bonds is 4. The van der Waals surface area contributed by atoms with E-state index in [4.69, 9.17) is 4.74 Å². The fourth-order valence-electron chi connectivity index (χ4n) is 2.20. The number of aryl methyl sites for hydroxylation is 1. The van der Waals surface area contributed by atoms with Crippen LogP contribution in [0, 0.1) is 17.0 Å². The van der Waals surface area contributed by atoms with E-state index in [2.05, 4.69) is 10.3 Å². The lowest BCUT2D eigenvalue weighted by Gasteiger charge is -2.03. The van der Waals surface area contributed by atoms with Crippen LogP contribution < -0.4 is 10.1 Å². The molecule has 0 saturated carbocycles. The summed E-state index contributed by atoms with van der Waals surface area (Å²) in [4.78, 5) is 27.1. The molecular formula is C16H13N3O4S. The maximum atomic E-state index is 12.3. The number of ether oxygens (including phenoxy) is 1. The van der Waals surface area contributed by atoms with Gasteiger partial charge < -0.3 is 4.74 Å². The molecule has 0 saturated heterocycles. The number of amides is 1. The highest BCUT2D eigenvalue weighted by Crippen LogP contribution is 2.29. The maximum absolute atomic E-state index is 12.3. The molecule has 0 unspecified atom stereocenters. The molecule has 2 aromatic carbocycles. The molecule has 1 amide bonds. The first kappa shape index (κ1) is 15.9. The van der Waals surface area contributed by atoms with Crippen molar-refractivity contribution < 1.29 is 14.5 Å². The van der Waals surface area contributed by atoms with Crippen LogP contribution in [0.3, 0.4) is 0 Å². The highest BCUT2D eigenvalue weighted by molar-refractivity contribution is 7.22. The van der Waals surface area contributed by atoms with Crippen molar-refractivity contribution in [1.29, 1.82) is 0 Å². The largest absolute Gasteiger partial charge is 0.497 e. The van der Waals surface area contributed by atoms with Gasteiger partial charge in [-0.3, -0.25) is 20.2 Å². The third-order valence-corrected chi connectivity index (χ3v) is 4.42. The van der Waals surface area contributed by atoms with Gasteiger partial charge in [-0.25, -0.2) is 4.98 Å². The number of anilines is 1. The summed E-state index contributed by atoms with van der Waals surface area (Å²) in [6.07, 6.45) is 0. The molecule has 24 heavy (non-hydrogen) atoms. The minimum Gasteiger partial charge on any atom is -0.497 e. The normalized spacial score (nSPS) is 10.6. The number of nitro benzene ring substituents is 1. The van der Waals surface area contributed by atoms with E-state index in [1.165, 1.54) is 17.4 Å². The van der Waals surface area contributed by atoms with Crippen LogP contribution in [0.15, 0.2) is 36.4 Å². The van der Waals surface area contributed by atoms with Gasteiger partial charge in [-0.15, -0.1) is 0 Å². The monoisotopic (exact) mass is 343 g/mol. The Bertz CT molecular complexity index is 952. The van der Waals surface area contributed by atoms with Crippen LogP contribution in [0.25, 0.3) is 10.2 Å². The predicted octanol–water partition coefficient (Wildman–Crippen LogP) is 3.77. The van der Waals surface area contributed by atoms with Crippen molar-refractivity contribution in [2.45, 2.75) is 6.92 Å². The molecule has 1 N–H and O–H groups in total. The Hall–Kier alpha value is -3.00. The molecule has 0 aliphatic carbocycles. The van der Waals surface area contributed by atoms with Gasteiger partial charge in [0, 0.05) is 17.2 Å². The summed E-state index contributed by atoms with van der Waals surface area (Å²) in [6, 6.07) is 9.79. The number of fused-ring (bicyclic) bond motifs is 1. The zero-order chi connectivity index (χ0) is 17.3. The molecule has 0 bridgehead atoms. The number of carbonyl (C=O) groups is 1. The molecule has 0 aliphatic rings. The van der Waals surface area contributed by atoms with Gasteiger partial charge in [-0.1, -0.05) is 17.4 Å². The lowest BCUT2D eigenvalue weighted by molar-refractivity contribution is -0.385. The number of aromatic nitrogens is 1. The lowest BCUT2D eigenvalue weighted by atomic mass is 10.1. The number of thiazole rings is 1. The summed E-state index contributed by atoms with van der Waals surface area (Å²) in [5, 5.41) is 14.1. The van der Waals surface area contributed by atoms with E-state index in [1.807, 2.05) is 6.07 Å².